The highest BCUT2D eigenvalue weighted by Gasteiger charge is 2.32. The Morgan fingerprint density at radius 2 is 1.74 bits per heavy atom. The van der Waals surface area contributed by atoms with E-state index in [0.29, 0.717) is 48.8 Å². The molecule has 3 heterocycles. The molecule has 7 nitrogen and oxygen atoms in total. The number of aromatic nitrogens is 1. The molecule has 31 heavy (non-hydrogen) atoms. The highest BCUT2D eigenvalue weighted by Crippen LogP contribution is 2.39. The van der Waals surface area contributed by atoms with Gasteiger partial charge in [0.05, 0.1) is 11.1 Å². The number of hydrogen-bond donors (Lipinski definition) is 0. The molecule has 2 aromatic carbocycles. The lowest BCUT2D eigenvalue weighted by atomic mass is 10.0. The molecule has 2 aliphatic heterocycles. The standard InChI is InChI=1S/C24H23N3O4/c1-15-3-8-21-19(13-15)23-20(14-30-21)22(25-31-23)24(29)27-11-9-26(10-12-27)18-6-4-17(5-7-18)16(2)28/h3-8,13H,9-12,14H2,1-2H3. The van der Waals surface area contributed by atoms with E-state index < -0.39 is 0 Å². The van der Waals surface area contributed by atoms with E-state index in [9.17, 15) is 9.59 Å². The molecule has 0 unspecified atom stereocenters. The molecule has 1 saturated heterocycles. The lowest BCUT2D eigenvalue weighted by molar-refractivity contribution is 0.0734. The van der Waals surface area contributed by atoms with Gasteiger partial charge in [-0.15, -0.1) is 0 Å². The van der Waals surface area contributed by atoms with Crippen LogP contribution in [-0.4, -0.2) is 47.9 Å². The number of ether oxygens (including phenoxy) is 1. The average molecular weight is 417 g/mol. The number of benzene rings is 2. The molecule has 7 heteroatoms. The molecule has 0 bridgehead atoms. The van der Waals surface area contributed by atoms with Crippen LogP contribution in [0.15, 0.2) is 47.0 Å². The fraction of sp³-hybridized carbons (Fsp3) is 0.292. The average Bonchev–Trinajstić information content (AvgIpc) is 3.23. The first kappa shape index (κ1) is 19.4. The third-order valence-corrected chi connectivity index (χ3v) is 5.95. The maximum Gasteiger partial charge on any atom is 0.276 e. The second kappa shape index (κ2) is 7.58. The summed E-state index contributed by atoms with van der Waals surface area (Å²) in [6.45, 7) is 6.44. The van der Waals surface area contributed by atoms with Crippen LogP contribution < -0.4 is 9.64 Å². The van der Waals surface area contributed by atoms with Crippen molar-refractivity contribution in [2.75, 3.05) is 31.1 Å². The van der Waals surface area contributed by atoms with Crippen LogP contribution in [0.3, 0.4) is 0 Å². The summed E-state index contributed by atoms with van der Waals surface area (Å²) in [7, 11) is 0. The maximum atomic E-state index is 13.2. The van der Waals surface area contributed by atoms with Crippen LogP contribution in [0, 0.1) is 6.92 Å². The number of rotatable bonds is 3. The molecule has 0 atom stereocenters. The minimum Gasteiger partial charge on any atom is -0.488 e. The summed E-state index contributed by atoms with van der Waals surface area (Å²) in [6.07, 6.45) is 0. The normalized spacial score (nSPS) is 15.2. The van der Waals surface area contributed by atoms with Gasteiger partial charge in [0, 0.05) is 37.4 Å². The number of fused-ring (bicyclic) bond motifs is 3. The number of anilines is 1. The molecule has 158 valence electrons. The Hall–Kier alpha value is -3.61. The lowest BCUT2D eigenvalue weighted by Crippen LogP contribution is -2.49. The third kappa shape index (κ3) is 3.46. The van der Waals surface area contributed by atoms with Gasteiger partial charge in [0.25, 0.3) is 5.91 Å². The summed E-state index contributed by atoms with van der Waals surface area (Å²) < 4.78 is 11.4. The Bertz CT molecular complexity index is 1160. The Morgan fingerprint density at radius 1 is 1.00 bits per heavy atom. The molecule has 1 amide bonds. The first-order chi connectivity index (χ1) is 15.0. The molecule has 0 aliphatic carbocycles. The fourth-order valence-corrected chi connectivity index (χ4v) is 4.14. The number of carbonyl (C=O) groups excluding carboxylic acids is 2. The first-order valence-electron chi connectivity index (χ1n) is 10.4. The van der Waals surface area contributed by atoms with Crippen molar-refractivity contribution >= 4 is 17.4 Å². The minimum atomic E-state index is -0.128. The van der Waals surface area contributed by atoms with Crippen molar-refractivity contribution in [3.05, 3.63) is 64.8 Å². The van der Waals surface area contributed by atoms with Crippen LogP contribution in [0.5, 0.6) is 5.75 Å². The topological polar surface area (TPSA) is 75.9 Å². The summed E-state index contributed by atoms with van der Waals surface area (Å²) >= 11 is 0. The Morgan fingerprint density at radius 3 is 2.45 bits per heavy atom. The molecule has 1 fully saturated rings. The van der Waals surface area contributed by atoms with Crippen LogP contribution in [0.25, 0.3) is 11.3 Å². The van der Waals surface area contributed by atoms with E-state index >= 15 is 0 Å². The number of ketones is 1. The third-order valence-electron chi connectivity index (χ3n) is 5.95. The van der Waals surface area contributed by atoms with Crippen LogP contribution in [-0.2, 0) is 6.61 Å². The van der Waals surface area contributed by atoms with Gasteiger partial charge < -0.3 is 19.1 Å². The summed E-state index contributed by atoms with van der Waals surface area (Å²) in [5.41, 5.74) is 4.73. The summed E-state index contributed by atoms with van der Waals surface area (Å²) in [4.78, 5) is 28.7. The van der Waals surface area contributed by atoms with Crippen molar-refractivity contribution in [1.29, 1.82) is 0 Å². The number of Topliss-reactive ketones (excluding diaryl/α,β-unsaturated/α-hetero) is 1. The molecule has 0 spiro atoms. The predicted octanol–water partition coefficient (Wildman–Crippen LogP) is 3.71. The predicted molar refractivity (Wildman–Crippen MR) is 116 cm³/mol. The van der Waals surface area contributed by atoms with Gasteiger partial charge in [-0.25, -0.2) is 0 Å². The number of aryl methyl sites for hydroxylation is 1. The van der Waals surface area contributed by atoms with Crippen LogP contribution in [0.4, 0.5) is 5.69 Å². The molecule has 1 aromatic heterocycles. The lowest BCUT2D eigenvalue weighted by Gasteiger charge is -2.36. The molecule has 0 N–H and O–H groups in total. The van der Waals surface area contributed by atoms with Gasteiger partial charge in [0.1, 0.15) is 12.4 Å². The van der Waals surface area contributed by atoms with Gasteiger partial charge in [-0.2, -0.15) is 0 Å². The van der Waals surface area contributed by atoms with Crippen molar-refractivity contribution in [3.8, 4) is 17.1 Å². The van der Waals surface area contributed by atoms with E-state index in [1.807, 2.05) is 54.3 Å². The minimum absolute atomic E-state index is 0.0553. The van der Waals surface area contributed by atoms with E-state index in [1.54, 1.807) is 6.92 Å². The van der Waals surface area contributed by atoms with Gasteiger partial charge in [-0.05, 0) is 50.2 Å². The summed E-state index contributed by atoms with van der Waals surface area (Å²) in [5.74, 6) is 1.30. The van der Waals surface area contributed by atoms with Gasteiger partial charge in [-0.1, -0.05) is 16.8 Å². The zero-order chi connectivity index (χ0) is 21.5. The number of piperazine rings is 1. The molecule has 3 aromatic rings. The summed E-state index contributed by atoms with van der Waals surface area (Å²) in [6, 6.07) is 13.5. The highest BCUT2D eigenvalue weighted by molar-refractivity contribution is 5.96. The molecule has 2 aliphatic rings. The van der Waals surface area contributed by atoms with E-state index in [0.717, 1.165) is 22.6 Å². The smallest absolute Gasteiger partial charge is 0.276 e. The van der Waals surface area contributed by atoms with Gasteiger partial charge in [0.2, 0.25) is 0 Å². The molecule has 5 rings (SSSR count). The molecule has 0 radical (unpaired) electrons. The number of amides is 1. The monoisotopic (exact) mass is 417 g/mol. The number of carbonyl (C=O) groups is 2. The van der Waals surface area contributed by atoms with Crippen molar-refractivity contribution in [3.63, 3.8) is 0 Å². The van der Waals surface area contributed by atoms with E-state index in [2.05, 4.69) is 10.1 Å². The van der Waals surface area contributed by atoms with Crippen LogP contribution in [0.1, 0.15) is 38.9 Å². The molecule has 0 saturated carbocycles. The van der Waals surface area contributed by atoms with Gasteiger partial charge in [0.15, 0.2) is 17.2 Å². The van der Waals surface area contributed by atoms with E-state index in [-0.39, 0.29) is 18.3 Å². The van der Waals surface area contributed by atoms with E-state index in [4.69, 9.17) is 9.26 Å². The largest absolute Gasteiger partial charge is 0.488 e. The Labute approximate surface area is 180 Å². The second-order valence-corrected chi connectivity index (χ2v) is 8.01. The van der Waals surface area contributed by atoms with Gasteiger partial charge in [-0.3, -0.25) is 9.59 Å². The zero-order valence-electron chi connectivity index (χ0n) is 17.6. The van der Waals surface area contributed by atoms with Crippen molar-refractivity contribution in [2.45, 2.75) is 20.5 Å². The molecular weight excluding hydrogens is 394 g/mol. The fourth-order valence-electron chi connectivity index (χ4n) is 4.14. The van der Waals surface area contributed by atoms with Crippen molar-refractivity contribution in [1.82, 2.24) is 10.1 Å². The Kier molecular flexibility index (Phi) is 4.73. The van der Waals surface area contributed by atoms with Crippen molar-refractivity contribution < 1.29 is 18.8 Å². The van der Waals surface area contributed by atoms with Gasteiger partial charge >= 0.3 is 0 Å². The van der Waals surface area contributed by atoms with Crippen LogP contribution in [0.2, 0.25) is 0 Å². The SMILES string of the molecule is CC(=O)c1ccc(N2CCN(C(=O)c3noc4c3COc3ccc(C)cc3-4)CC2)cc1. The highest BCUT2D eigenvalue weighted by atomic mass is 16.5. The van der Waals surface area contributed by atoms with Crippen molar-refractivity contribution in [2.24, 2.45) is 0 Å². The second-order valence-electron chi connectivity index (χ2n) is 8.01. The maximum absolute atomic E-state index is 13.2. The zero-order valence-corrected chi connectivity index (χ0v) is 17.6. The van der Waals surface area contributed by atoms with E-state index in [1.165, 1.54) is 0 Å². The molecular formula is C24H23N3O4. The van der Waals surface area contributed by atoms with Crippen LogP contribution >= 0.6 is 0 Å². The number of nitrogens with zero attached hydrogens (tertiary/aromatic N) is 3. The summed E-state index contributed by atoms with van der Waals surface area (Å²) in [5, 5.41) is 4.11. The quantitative estimate of drug-likeness (QED) is 0.605. The first-order valence-corrected chi connectivity index (χ1v) is 10.4. The number of hydrogen-bond acceptors (Lipinski definition) is 6. The Balaban J connectivity index is 1.30.